The number of fused-ring (bicyclic) bond motifs is 1. The van der Waals surface area contributed by atoms with Crippen molar-refractivity contribution >= 4 is 50.3 Å². The van der Waals surface area contributed by atoms with E-state index in [9.17, 15) is 17.6 Å². The van der Waals surface area contributed by atoms with Crippen molar-refractivity contribution < 1.29 is 31.6 Å². The van der Waals surface area contributed by atoms with Crippen molar-refractivity contribution in [1.29, 1.82) is 0 Å². The van der Waals surface area contributed by atoms with Gasteiger partial charge in [-0.15, -0.1) is 5.06 Å². The zero-order chi connectivity index (χ0) is 30.4. The lowest BCUT2D eigenvalue weighted by atomic mass is 10.1. The highest BCUT2D eigenvalue weighted by atomic mass is 35.5. The Morgan fingerprint density at radius 3 is 2.70 bits per heavy atom. The lowest BCUT2D eigenvalue weighted by Crippen LogP contribution is -2.28. The second-order valence-electron chi connectivity index (χ2n) is 9.60. The number of nitrogens with one attached hydrogen (secondary N) is 1. The minimum Gasteiger partial charge on any atom is -0.487 e. The van der Waals surface area contributed by atoms with E-state index in [0.717, 1.165) is 17.2 Å². The Labute approximate surface area is 251 Å². The SMILES string of the molecule is CS(=O)(=O)CCN(Cc1ccc(-c2ccc3ncnc(Nc4ccc(OCc5cccc(F)c5)c(Cl)c4)c3c2)o1)OC=O. The smallest absolute Gasteiger partial charge is 0.313 e. The summed E-state index contributed by atoms with van der Waals surface area (Å²) in [7, 11) is -3.25. The summed E-state index contributed by atoms with van der Waals surface area (Å²) in [5.74, 6) is 1.50. The van der Waals surface area contributed by atoms with Gasteiger partial charge < -0.3 is 19.3 Å². The third kappa shape index (κ3) is 8.07. The summed E-state index contributed by atoms with van der Waals surface area (Å²) in [6.07, 6.45) is 2.56. The number of rotatable bonds is 13. The third-order valence-corrected chi connectivity index (χ3v) is 7.51. The molecule has 222 valence electrons. The van der Waals surface area contributed by atoms with Crippen LogP contribution in [-0.4, -0.2) is 48.5 Å². The topological polar surface area (TPSA) is 124 Å². The minimum atomic E-state index is -3.25. The highest BCUT2D eigenvalue weighted by molar-refractivity contribution is 7.90. The number of benzene rings is 3. The number of sulfone groups is 1. The Kier molecular flexibility index (Phi) is 9.19. The monoisotopic (exact) mass is 624 g/mol. The Hall–Kier alpha value is -4.52. The van der Waals surface area contributed by atoms with Crippen LogP contribution in [0.15, 0.2) is 83.5 Å². The van der Waals surface area contributed by atoms with Gasteiger partial charge in [0.2, 0.25) is 0 Å². The number of aromatic nitrogens is 2. The quantitative estimate of drug-likeness (QED) is 0.124. The maximum Gasteiger partial charge on any atom is 0.313 e. The van der Waals surface area contributed by atoms with E-state index in [1.54, 1.807) is 42.5 Å². The molecule has 0 aliphatic carbocycles. The van der Waals surface area contributed by atoms with Gasteiger partial charge in [-0.3, -0.25) is 4.79 Å². The van der Waals surface area contributed by atoms with Crippen LogP contribution in [-0.2, 0) is 32.6 Å². The molecule has 0 atom stereocenters. The van der Waals surface area contributed by atoms with Crippen LogP contribution < -0.4 is 10.1 Å². The molecule has 0 amide bonds. The van der Waals surface area contributed by atoms with Gasteiger partial charge in [-0.1, -0.05) is 23.7 Å². The van der Waals surface area contributed by atoms with Gasteiger partial charge in [-0.2, -0.15) is 0 Å². The second kappa shape index (κ2) is 13.2. The maximum absolute atomic E-state index is 13.5. The van der Waals surface area contributed by atoms with Gasteiger partial charge in [0, 0.05) is 29.4 Å². The summed E-state index contributed by atoms with van der Waals surface area (Å²) in [6, 6.07) is 20.4. The van der Waals surface area contributed by atoms with Gasteiger partial charge >= 0.3 is 6.47 Å². The molecule has 2 aromatic heterocycles. The Morgan fingerprint density at radius 1 is 1.07 bits per heavy atom. The first-order valence-corrected chi connectivity index (χ1v) is 15.4. The maximum atomic E-state index is 13.5. The number of carbonyl (C=O) groups is 1. The molecule has 3 aromatic carbocycles. The number of hydrogen-bond acceptors (Lipinski definition) is 10. The molecule has 0 unspecified atom stereocenters. The molecule has 0 saturated heterocycles. The van der Waals surface area contributed by atoms with Crippen molar-refractivity contribution in [2.24, 2.45) is 0 Å². The van der Waals surface area contributed by atoms with E-state index >= 15 is 0 Å². The standard InChI is InChI=1S/C30H26ClFN4O6S/c1-43(38,39)12-11-36(41-19-37)16-24-7-10-28(42-24)21-5-8-27-25(14-21)30(34-18-33-27)35-23-6-9-29(26(31)15-23)40-17-20-3-2-4-22(32)13-20/h2-10,13-15,18-19H,11-12,16-17H2,1H3,(H,33,34,35). The summed E-state index contributed by atoms with van der Waals surface area (Å²) in [4.78, 5) is 24.6. The van der Waals surface area contributed by atoms with Gasteiger partial charge in [0.05, 0.1) is 22.8 Å². The van der Waals surface area contributed by atoms with Crippen molar-refractivity contribution in [2.45, 2.75) is 13.2 Å². The first-order valence-electron chi connectivity index (χ1n) is 13.0. The minimum absolute atomic E-state index is 0.0000789. The van der Waals surface area contributed by atoms with Crippen LogP contribution in [0.2, 0.25) is 5.02 Å². The fraction of sp³-hybridized carbons (Fsp3) is 0.167. The number of anilines is 2. The molecule has 0 bridgehead atoms. The van der Waals surface area contributed by atoms with E-state index in [1.165, 1.54) is 23.5 Å². The van der Waals surface area contributed by atoms with Crippen molar-refractivity contribution in [3.8, 4) is 17.1 Å². The van der Waals surface area contributed by atoms with Crippen LogP contribution >= 0.6 is 11.6 Å². The van der Waals surface area contributed by atoms with Gasteiger partial charge in [-0.25, -0.2) is 22.8 Å². The number of carbonyl (C=O) groups excluding carboxylic acids is 1. The molecule has 0 saturated carbocycles. The predicted molar refractivity (Wildman–Crippen MR) is 160 cm³/mol. The molecular formula is C30H26ClFN4O6S. The molecule has 0 aliphatic rings. The molecule has 13 heteroatoms. The lowest BCUT2D eigenvalue weighted by Gasteiger charge is -2.16. The number of hydroxylamine groups is 2. The fourth-order valence-corrected chi connectivity index (χ4v) is 4.99. The van der Waals surface area contributed by atoms with E-state index in [4.69, 9.17) is 25.6 Å². The largest absolute Gasteiger partial charge is 0.487 e. The summed E-state index contributed by atoms with van der Waals surface area (Å²) in [6.45, 7) is 0.478. The van der Waals surface area contributed by atoms with Crippen LogP contribution in [0.5, 0.6) is 5.75 Å². The Bertz CT molecular complexity index is 1870. The lowest BCUT2D eigenvalue weighted by molar-refractivity contribution is -0.176. The predicted octanol–water partition coefficient (Wildman–Crippen LogP) is 5.94. The van der Waals surface area contributed by atoms with E-state index in [2.05, 4.69) is 15.3 Å². The summed E-state index contributed by atoms with van der Waals surface area (Å²) in [5.41, 5.74) is 2.79. The fourth-order valence-electron chi connectivity index (χ4n) is 4.22. The van der Waals surface area contributed by atoms with Crippen molar-refractivity contribution in [3.63, 3.8) is 0 Å². The van der Waals surface area contributed by atoms with Crippen LogP contribution in [0.1, 0.15) is 11.3 Å². The third-order valence-electron chi connectivity index (χ3n) is 6.30. The number of halogens is 2. The molecule has 0 fully saturated rings. The molecular weight excluding hydrogens is 599 g/mol. The van der Waals surface area contributed by atoms with Crippen molar-refractivity contribution in [2.75, 3.05) is 23.9 Å². The second-order valence-corrected chi connectivity index (χ2v) is 12.3. The molecule has 5 rings (SSSR count). The number of ether oxygens (including phenoxy) is 1. The summed E-state index contributed by atoms with van der Waals surface area (Å²) in [5, 5.41) is 5.58. The molecule has 43 heavy (non-hydrogen) atoms. The van der Waals surface area contributed by atoms with Crippen LogP contribution in [0.4, 0.5) is 15.9 Å². The first-order chi connectivity index (χ1) is 20.7. The average molecular weight is 625 g/mol. The van der Waals surface area contributed by atoms with E-state index in [0.29, 0.717) is 44.9 Å². The molecule has 0 radical (unpaired) electrons. The summed E-state index contributed by atoms with van der Waals surface area (Å²) >= 11 is 6.47. The Balaban J connectivity index is 1.31. The van der Waals surface area contributed by atoms with Gasteiger partial charge in [0.25, 0.3) is 0 Å². The zero-order valence-electron chi connectivity index (χ0n) is 22.9. The molecule has 0 aliphatic heterocycles. The highest BCUT2D eigenvalue weighted by Gasteiger charge is 2.15. The molecule has 1 N–H and O–H groups in total. The van der Waals surface area contributed by atoms with Crippen LogP contribution in [0, 0.1) is 5.82 Å². The van der Waals surface area contributed by atoms with E-state index in [1.807, 2.05) is 18.2 Å². The van der Waals surface area contributed by atoms with Gasteiger partial charge in [-0.05, 0) is 66.2 Å². The highest BCUT2D eigenvalue weighted by Crippen LogP contribution is 2.33. The van der Waals surface area contributed by atoms with E-state index in [-0.39, 0.29) is 37.7 Å². The number of hydrogen-bond donors (Lipinski definition) is 1. The normalized spacial score (nSPS) is 11.5. The van der Waals surface area contributed by atoms with Crippen LogP contribution in [0.3, 0.4) is 0 Å². The molecule has 5 aromatic rings. The molecule has 2 heterocycles. The molecule has 0 spiro atoms. The van der Waals surface area contributed by atoms with Crippen molar-refractivity contribution in [1.82, 2.24) is 15.0 Å². The van der Waals surface area contributed by atoms with E-state index < -0.39 is 9.84 Å². The Morgan fingerprint density at radius 2 is 1.93 bits per heavy atom. The molecule has 10 nitrogen and oxygen atoms in total. The number of furan rings is 1. The zero-order valence-corrected chi connectivity index (χ0v) is 24.4. The average Bonchev–Trinajstić information content (AvgIpc) is 3.44. The first kappa shape index (κ1) is 30.0. The van der Waals surface area contributed by atoms with Crippen LogP contribution in [0.25, 0.3) is 22.2 Å². The van der Waals surface area contributed by atoms with Gasteiger partial charge in [0.1, 0.15) is 51.7 Å². The van der Waals surface area contributed by atoms with Gasteiger partial charge in [0.15, 0.2) is 0 Å². The van der Waals surface area contributed by atoms with Crippen molar-refractivity contribution in [3.05, 3.63) is 101 Å². The summed E-state index contributed by atoms with van der Waals surface area (Å²) < 4.78 is 48.2. The number of nitrogens with zero attached hydrogens (tertiary/aromatic N) is 3.